The molecule has 24 heavy (non-hydrogen) atoms. The van der Waals surface area contributed by atoms with Crippen LogP contribution in [-0.2, 0) is 9.53 Å². The van der Waals surface area contributed by atoms with Gasteiger partial charge >= 0.3 is 5.97 Å². The van der Waals surface area contributed by atoms with Gasteiger partial charge in [0.1, 0.15) is 11.3 Å². The molecule has 4 aliphatic rings. The topological polar surface area (TPSA) is 63.6 Å². The van der Waals surface area contributed by atoms with Crippen molar-refractivity contribution in [1.82, 2.24) is 0 Å². The predicted molar refractivity (Wildman–Crippen MR) is 96.7 cm³/mol. The summed E-state index contributed by atoms with van der Waals surface area (Å²) in [6.07, 6.45) is 6.77. The van der Waals surface area contributed by atoms with Crippen LogP contribution in [0.15, 0.2) is 18.2 Å². The van der Waals surface area contributed by atoms with Gasteiger partial charge in [0.15, 0.2) is 12.4 Å². The van der Waals surface area contributed by atoms with Gasteiger partial charge < -0.3 is 9.84 Å². The predicted octanol–water partition coefficient (Wildman–Crippen LogP) is 3.94. The molecule has 0 heterocycles. The van der Waals surface area contributed by atoms with Gasteiger partial charge in [-0.15, -0.1) is 0 Å². The van der Waals surface area contributed by atoms with E-state index in [1.807, 2.05) is 0 Å². The number of Topliss-reactive ketones (excluding diaryl/α,β-unsaturated/α-hetero) is 1. The van der Waals surface area contributed by atoms with E-state index in [0.29, 0.717) is 17.8 Å². The van der Waals surface area contributed by atoms with Gasteiger partial charge in [0.05, 0.1) is 0 Å². The molecule has 4 bridgehead atoms. The number of halogens is 1. The highest BCUT2D eigenvalue weighted by atomic mass is 127. The molecule has 1 N–H and O–H groups in total. The number of hydrogen-bond acceptors (Lipinski definition) is 4. The Kier molecular flexibility index (Phi) is 4.09. The van der Waals surface area contributed by atoms with E-state index in [2.05, 4.69) is 22.6 Å². The van der Waals surface area contributed by atoms with Gasteiger partial charge in [0, 0.05) is 8.99 Å². The average Bonchev–Trinajstić information content (AvgIpc) is 2.53. The second-order valence-electron chi connectivity index (χ2n) is 7.86. The van der Waals surface area contributed by atoms with E-state index in [1.54, 1.807) is 12.1 Å². The summed E-state index contributed by atoms with van der Waals surface area (Å²) in [7, 11) is 0. The van der Waals surface area contributed by atoms with Crippen LogP contribution in [0.25, 0.3) is 0 Å². The van der Waals surface area contributed by atoms with Crippen LogP contribution in [0.2, 0.25) is 0 Å². The molecule has 128 valence electrons. The molecule has 0 unspecified atom stereocenters. The van der Waals surface area contributed by atoms with Gasteiger partial charge in [-0.1, -0.05) is 0 Å². The number of benzene rings is 1. The molecule has 0 atom stereocenters. The van der Waals surface area contributed by atoms with Gasteiger partial charge in [-0.2, -0.15) is 0 Å². The molecule has 0 saturated heterocycles. The van der Waals surface area contributed by atoms with E-state index in [-0.39, 0.29) is 29.1 Å². The summed E-state index contributed by atoms with van der Waals surface area (Å²) in [6.45, 7) is -0.171. The fourth-order valence-corrected chi connectivity index (χ4v) is 5.98. The first-order valence-corrected chi connectivity index (χ1v) is 9.72. The van der Waals surface area contributed by atoms with Crippen LogP contribution in [0.3, 0.4) is 0 Å². The first-order chi connectivity index (χ1) is 11.4. The number of aromatic hydroxyl groups is 1. The van der Waals surface area contributed by atoms with Crippen molar-refractivity contribution in [2.75, 3.05) is 6.61 Å². The number of phenols is 1. The zero-order chi connectivity index (χ0) is 16.9. The smallest absolute Gasteiger partial charge is 0.342 e. The Balaban J connectivity index is 1.43. The summed E-state index contributed by atoms with van der Waals surface area (Å²) < 4.78 is 6.10. The highest BCUT2D eigenvalue weighted by Crippen LogP contribution is 2.60. The van der Waals surface area contributed by atoms with E-state index < -0.39 is 5.97 Å². The number of phenolic OH excluding ortho intramolecular Hbond substituents is 1. The third-order valence-electron chi connectivity index (χ3n) is 6.14. The van der Waals surface area contributed by atoms with Crippen molar-refractivity contribution >= 4 is 34.3 Å². The summed E-state index contributed by atoms with van der Waals surface area (Å²) in [5.41, 5.74) is -0.123. The molecule has 0 spiro atoms. The normalized spacial score (nSPS) is 33.5. The van der Waals surface area contributed by atoms with Gasteiger partial charge in [-0.3, -0.25) is 4.79 Å². The highest BCUT2D eigenvalue weighted by molar-refractivity contribution is 14.1. The summed E-state index contributed by atoms with van der Waals surface area (Å²) in [5, 5.41) is 9.81. The molecule has 0 aliphatic heterocycles. The number of ether oxygens (including phenoxy) is 1. The Morgan fingerprint density at radius 1 is 1.12 bits per heavy atom. The van der Waals surface area contributed by atoms with Crippen molar-refractivity contribution in [3.63, 3.8) is 0 Å². The van der Waals surface area contributed by atoms with Crippen molar-refractivity contribution in [3.05, 3.63) is 27.3 Å². The average molecular weight is 440 g/mol. The number of carbonyl (C=O) groups excluding carboxylic acids is 2. The van der Waals surface area contributed by atoms with E-state index in [9.17, 15) is 14.7 Å². The van der Waals surface area contributed by atoms with Crippen LogP contribution in [0.1, 0.15) is 48.9 Å². The van der Waals surface area contributed by atoms with Crippen molar-refractivity contribution in [1.29, 1.82) is 0 Å². The van der Waals surface area contributed by atoms with Gasteiger partial charge in [-0.05, 0) is 97.1 Å². The Morgan fingerprint density at radius 3 is 2.29 bits per heavy atom. The SMILES string of the molecule is O=C(OCC(=O)C12CC3CC(CC(C3)C1)C2)c1cc(I)ccc1O. The lowest BCUT2D eigenvalue weighted by Gasteiger charge is -2.55. The van der Waals surface area contributed by atoms with Gasteiger partial charge in [-0.25, -0.2) is 4.79 Å². The maximum absolute atomic E-state index is 12.8. The third kappa shape index (κ3) is 2.85. The molecule has 5 heteroatoms. The Bertz CT molecular complexity index is 661. The van der Waals surface area contributed by atoms with E-state index >= 15 is 0 Å². The number of ketones is 1. The molecule has 1 aromatic carbocycles. The summed E-state index contributed by atoms with van der Waals surface area (Å²) >= 11 is 2.07. The second kappa shape index (κ2) is 6.00. The van der Waals surface area contributed by atoms with Gasteiger partial charge in [0.2, 0.25) is 0 Å². The number of esters is 1. The maximum Gasteiger partial charge on any atom is 0.342 e. The largest absolute Gasteiger partial charge is 0.507 e. The minimum Gasteiger partial charge on any atom is -0.507 e. The molecular weight excluding hydrogens is 419 g/mol. The van der Waals surface area contributed by atoms with Crippen molar-refractivity contribution in [2.45, 2.75) is 38.5 Å². The van der Waals surface area contributed by atoms with E-state index in [1.165, 1.54) is 25.3 Å². The van der Waals surface area contributed by atoms with Crippen molar-refractivity contribution in [2.24, 2.45) is 23.2 Å². The lowest BCUT2D eigenvalue weighted by Crippen LogP contribution is -2.51. The van der Waals surface area contributed by atoms with Gasteiger partial charge in [0.25, 0.3) is 0 Å². The van der Waals surface area contributed by atoms with Crippen LogP contribution < -0.4 is 0 Å². The summed E-state index contributed by atoms with van der Waals surface area (Å²) in [5.74, 6) is 1.42. The van der Waals surface area contributed by atoms with Crippen molar-refractivity contribution < 1.29 is 19.4 Å². The standard InChI is InChI=1S/C19H21IO4/c20-14-1-2-16(21)15(6-14)18(23)24-10-17(22)19-7-11-3-12(8-19)5-13(4-11)9-19/h1-2,6,11-13,21H,3-5,7-10H2. The zero-order valence-corrected chi connectivity index (χ0v) is 15.6. The quantitative estimate of drug-likeness (QED) is 0.569. The number of carbonyl (C=O) groups is 2. The zero-order valence-electron chi connectivity index (χ0n) is 13.5. The minimum absolute atomic E-state index is 0.0834. The number of rotatable bonds is 4. The Labute approximate surface area is 155 Å². The van der Waals surface area contributed by atoms with Crippen LogP contribution in [-0.4, -0.2) is 23.5 Å². The fourth-order valence-electron chi connectivity index (χ4n) is 5.49. The fraction of sp³-hybridized carbons (Fsp3) is 0.579. The summed E-state index contributed by atoms with van der Waals surface area (Å²) in [6, 6.07) is 4.76. The first kappa shape index (κ1) is 16.4. The maximum atomic E-state index is 12.8. The highest BCUT2D eigenvalue weighted by Gasteiger charge is 2.54. The Morgan fingerprint density at radius 2 is 1.71 bits per heavy atom. The molecule has 4 saturated carbocycles. The van der Waals surface area contributed by atoms with Crippen LogP contribution in [0, 0.1) is 26.7 Å². The second-order valence-corrected chi connectivity index (χ2v) is 9.10. The molecule has 0 amide bonds. The molecule has 0 aromatic heterocycles. The molecule has 4 nitrogen and oxygen atoms in total. The lowest BCUT2D eigenvalue weighted by atomic mass is 9.48. The van der Waals surface area contributed by atoms with E-state index in [4.69, 9.17) is 4.74 Å². The monoisotopic (exact) mass is 440 g/mol. The summed E-state index contributed by atoms with van der Waals surface area (Å²) in [4.78, 5) is 25.1. The molecule has 5 rings (SSSR count). The molecule has 0 radical (unpaired) electrons. The molecule has 4 fully saturated rings. The van der Waals surface area contributed by atoms with E-state index in [0.717, 1.165) is 22.8 Å². The first-order valence-electron chi connectivity index (χ1n) is 8.64. The van der Waals surface area contributed by atoms with Crippen LogP contribution >= 0.6 is 22.6 Å². The van der Waals surface area contributed by atoms with Crippen molar-refractivity contribution in [3.8, 4) is 5.75 Å². The minimum atomic E-state index is -0.621. The molecule has 4 aliphatic carbocycles. The molecule has 1 aromatic rings. The number of hydrogen-bond donors (Lipinski definition) is 1. The third-order valence-corrected chi connectivity index (χ3v) is 6.81. The lowest BCUT2D eigenvalue weighted by molar-refractivity contribution is -0.147. The van der Waals surface area contributed by atoms with Crippen LogP contribution in [0.4, 0.5) is 0 Å². The van der Waals surface area contributed by atoms with Crippen LogP contribution in [0.5, 0.6) is 5.75 Å². The Hall–Kier alpha value is -1.11. The molecular formula is C19H21IO4.